The molecule has 158 valence electrons. The molecule has 0 spiro atoms. The Morgan fingerprint density at radius 2 is 1.90 bits per heavy atom. The SMILES string of the molecule is C[C@H]1CC(=O)Nc2ccccc2N1C(=O)CNc1cc(Cl)ccc1N1CCCCC1. The van der Waals surface area contributed by atoms with Crippen LogP contribution in [0.1, 0.15) is 32.6 Å². The number of carbonyl (C=O) groups excluding carboxylic acids is 2. The summed E-state index contributed by atoms with van der Waals surface area (Å²) in [6.45, 7) is 4.04. The number of halogens is 1. The predicted octanol–water partition coefficient (Wildman–Crippen LogP) is 4.51. The van der Waals surface area contributed by atoms with Crippen LogP contribution in [0.5, 0.6) is 0 Å². The van der Waals surface area contributed by atoms with E-state index in [-0.39, 0.29) is 30.8 Å². The lowest BCUT2D eigenvalue weighted by Crippen LogP contribution is -2.42. The van der Waals surface area contributed by atoms with Crippen LogP contribution in [0, 0.1) is 0 Å². The summed E-state index contributed by atoms with van der Waals surface area (Å²) in [6.07, 6.45) is 3.86. The van der Waals surface area contributed by atoms with Gasteiger partial charge in [-0.25, -0.2) is 0 Å². The highest BCUT2D eigenvalue weighted by molar-refractivity contribution is 6.31. The molecule has 0 bridgehead atoms. The standard InChI is InChI=1S/C23H27ClN4O2/c1-16-13-22(29)26-18-7-3-4-8-21(18)28(16)23(30)15-25-19-14-17(24)9-10-20(19)27-11-5-2-6-12-27/h3-4,7-10,14,16,25H,2,5-6,11-13,15H2,1H3,(H,26,29)/t16-/m0/s1. The Labute approximate surface area is 182 Å². The van der Waals surface area contributed by atoms with Gasteiger partial charge in [-0.1, -0.05) is 23.7 Å². The maximum absolute atomic E-state index is 13.3. The molecule has 6 nitrogen and oxygen atoms in total. The van der Waals surface area contributed by atoms with E-state index >= 15 is 0 Å². The number of rotatable bonds is 4. The Bertz CT molecular complexity index is 943. The highest BCUT2D eigenvalue weighted by Gasteiger charge is 2.29. The predicted molar refractivity (Wildman–Crippen MR) is 123 cm³/mol. The molecule has 2 heterocycles. The van der Waals surface area contributed by atoms with Crippen molar-refractivity contribution in [2.24, 2.45) is 0 Å². The van der Waals surface area contributed by atoms with Crippen LogP contribution in [-0.2, 0) is 9.59 Å². The lowest BCUT2D eigenvalue weighted by Gasteiger charge is -2.31. The number of nitrogens with one attached hydrogen (secondary N) is 2. The van der Waals surface area contributed by atoms with Crippen LogP contribution in [-0.4, -0.2) is 37.5 Å². The minimum atomic E-state index is -0.233. The van der Waals surface area contributed by atoms with Crippen LogP contribution in [0.15, 0.2) is 42.5 Å². The van der Waals surface area contributed by atoms with E-state index in [1.54, 1.807) is 4.90 Å². The van der Waals surface area contributed by atoms with E-state index < -0.39 is 0 Å². The van der Waals surface area contributed by atoms with Crippen LogP contribution in [0.4, 0.5) is 22.7 Å². The fourth-order valence-electron chi connectivity index (χ4n) is 4.28. The first kappa shape index (κ1) is 20.5. The van der Waals surface area contributed by atoms with E-state index in [1.165, 1.54) is 19.3 Å². The van der Waals surface area contributed by atoms with Gasteiger partial charge in [-0.05, 0) is 56.5 Å². The first-order chi connectivity index (χ1) is 14.5. The van der Waals surface area contributed by atoms with Crippen molar-refractivity contribution in [3.63, 3.8) is 0 Å². The molecule has 1 fully saturated rings. The molecule has 30 heavy (non-hydrogen) atoms. The number of hydrogen-bond donors (Lipinski definition) is 2. The maximum Gasteiger partial charge on any atom is 0.246 e. The Hall–Kier alpha value is -2.73. The first-order valence-corrected chi connectivity index (χ1v) is 10.9. The Morgan fingerprint density at radius 3 is 2.70 bits per heavy atom. The third-order valence-electron chi connectivity index (χ3n) is 5.71. The number of anilines is 4. The molecule has 2 aromatic carbocycles. The smallest absolute Gasteiger partial charge is 0.246 e. The minimum Gasteiger partial charge on any atom is -0.374 e. The Morgan fingerprint density at radius 1 is 1.13 bits per heavy atom. The molecule has 2 N–H and O–H groups in total. The van der Waals surface area contributed by atoms with E-state index in [0.717, 1.165) is 30.2 Å². The molecular weight excluding hydrogens is 400 g/mol. The largest absolute Gasteiger partial charge is 0.374 e. The van der Waals surface area contributed by atoms with Crippen molar-refractivity contribution in [1.82, 2.24) is 0 Å². The van der Waals surface area contributed by atoms with Gasteiger partial charge in [0.15, 0.2) is 0 Å². The second kappa shape index (κ2) is 8.96. The van der Waals surface area contributed by atoms with Crippen LogP contribution >= 0.6 is 11.6 Å². The van der Waals surface area contributed by atoms with E-state index in [9.17, 15) is 9.59 Å². The summed E-state index contributed by atoms with van der Waals surface area (Å²) in [5, 5.41) is 6.84. The molecular formula is C23H27ClN4O2. The third kappa shape index (κ3) is 4.38. The average Bonchev–Trinajstić information content (AvgIpc) is 2.87. The van der Waals surface area contributed by atoms with Gasteiger partial charge >= 0.3 is 0 Å². The molecule has 2 amide bonds. The van der Waals surface area contributed by atoms with E-state index in [1.807, 2.05) is 49.4 Å². The van der Waals surface area contributed by atoms with E-state index in [0.29, 0.717) is 10.7 Å². The average molecular weight is 427 g/mol. The maximum atomic E-state index is 13.3. The molecule has 0 unspecified atom stereocenters. The normalized spacial score (nSPS) is 19.0. The third-order valence-corrected chi connectivity index (χ3v) is 5.95. The number of amides is 2. The molecule has 2 aliphatic heterocycles. The summed E-state index contributed by atoms with van der Waals surface area (Å²) in [5.74, 6) is -0.170. The highest BCUT2D eigenvalue weighted by Crippen LogP contribution is 2.33. The fraction of sp³-hybridized carbons (Fsp3) is 0.391. The first-order valence-electron chi connectivity index (χ1n) is 10.5. The number of para-hydroxylation sites is 2. The molecule has 0 radical (unpaired) electrons. The van der Waals surface area contributed by atoms with Gasteiger partial charge in [-0.3, -0.25) is 9.59 Å². The summed E-state index contributed by atoms with van der Waals surface area (Å²) < 4.78 is 0. The number of nitrogens with zero attached hydrogens (tertiary/aromatic N) is 2. The van der Waals surface area contributed by atoms with Gasteiger partial charge in [0.25, 0.3) is 0 Å². The van der Waals surface area contributed by atoms with Crippen molar-refractivity contribution in [1.29, 1.82) is 0 Å². The second-order valence-corrected chi connectivity index (χ2v) is 8.38. The number of benzene rings is 2. The summed E-state index contributed by atoms with van der Waals surface area (Å²) in [5.41, 5.74) is 3.33. The van der Waals surface area contributed by atoms with Crippen molar-refractivity contribution >= 4 is 46.2 Å². The minimum absolute atomic E-state index is 0.0829. The van der Waals surface area contributed by atoms with Gasteiger partial charge < -0.3 is 20.4 Å². The van der Waals surface area contributed by atoms with E-state index in [2.05, 4.69) is 15.5 Å². The lowest BCUT2D eigenvalue weighted by molar-refractivity contribution is -0.118. The molecule has 2 aromatic rings. The molecule has 7 heteroatoms. The molecule has 0 aliphatic carbocycles. The Kier molecular flexibility index (Phi) is 6.13. The zero-order valence-electron chi connectivity index (χ0n) is 17.2. The quantitative estimate of drug-likeness (QED) is 0.755. The monoisotopic (exact) mass is 426 g/mol. The van der Waals surface area contributed by atoms with Crippen molar-refractivity contribution < 1.29 is 9.59 Å². The zero-order chi connectivity index (χ0) is 21.1. The number of hydrogen-bond acceptors (Lipinski definition) is 4. The van der Waals surface area contributed by atoms with Gasteiger partial charge in [0, 0.05) is 30.6 Å². The summed E-state index contributed by atoms with van der Waals surface area (Å²) >= 11 is 6.25. The van der Waals surface area contributed by atoms with Crippen molar-refractivity contribution in [3.8, 4) is 0 Å². The van der Waals surface area contributed by atoms with Gasteiger partial charge in [-0.2, -0.15) is 0 Å². The van der Waals surface area contributed by atoms with Gasteiger partial charge in [-0.15, -0.1) is 0 Å². The summed E-state index contributed by atoms with van der Waals surface area (Å²) in [7, 11) is 0. The van der Waals surface area contributed by atoms with Crippen LogP contribution < -0.4 is 20.4 Å². The molecule has 1 saturated heterocycles. The zero-order valence-corrected chi connectivity index (χ0v) is 17.9. The number of fused-ring (bicyclic) bond motifs is 1. The number of piperidine rings is 1. The topological polar surface area (TPSA) is 64.7 Å². The molecule has 0 saturated carbocycles. The molecule has 0 aromatic heterocycles. The molecule has 2 aliphatic rings. The summed E-state index contributed by atoms with van der Waals surface area (Å²) in [6, 6.07) is 13.0. The fourth-order valence-corrected chi connectivity index (χ4v) is 4.46. The highest BCUT2D eigenvalue weighted by atomic mass is 35.5. The lowest BCUT2D eigenvalue weighted by atomic mass is 10.1. The van der Waals surface area contributed by atoms with Crippen LogP contribution in [0.25, 0.3) is 0 Å². The van der Waals surface area contributed by atoms with E-state index in [4.69, 9.17) is 11.6 Å². The van der Waals surface area contributed by atoms with Gasteiger partial charge in [0.2, 0.25) is 11.8 Å². The molecule has 4 rings (SSSR count). The van der Waals surface area contributed by atoms with Crippen molar-refractivity contribution in [2.75, 3.05) is 40.1 Å². The Balaban J connectivity index is 1.55. The van der Waals surface area contributed by atoms with Gasteiger partial charge in [0.1, 0.15) is 0 Å². The summed E-state index contributed by atoms with van der Waals surface area (Å²) in [4.78, 5) is 29.5. The molecule has 1 atom stereocenters. The van der Waals surface area contributed by atoms with Crippen molar-refractivity contribution in [3.05, 3.63) is 47.5 Å². The van der Waals surface area contributed by atoms with Crippen molar-refractivity contribution in [2.45, 2.75) is 38.6 Å². The van der Waals surface area contributed by atoms with Crippen LogP contribution in [0.3, 0.4) is 0 Å². The van der Waals surface area contributed by atoms with Crippen LogP contribution in [0.2, 0.25) is 5.02 Å². The second-order valence-electron chi connectivity index (χ2n) is 7.94. The van der Waals surface area contributed by atoms with Gasteiger partial charge in [0.05, 0.1) is 29.3 Å². The number of carbonyl (C=O) groups is 2.